The Morgan fingerprint density at radius 3 is 2.28 bits per heavy atom. The first kappa shape index (κ1) is 13.1. The molecule has 92 valence electrons. The van der Waals surface area contributed by atoms with Crippen molar-refractivity contribution < 1.29 is 4.74 Å². The number of para-hydroxylation sites is 1. The minimum absolute atomic E-state index is 0.277. The van der Waals surface area contributed by atoms with Gasteiger partial charge in [-0.15, -0.1) is 0 Å². The van der Waals surface area contributed by atoms with Gasteiger partial charge in [0.05, 0.1) is 5.56 Å². The Kier molecular flexibility index (Phi) is 4.07. The highest BCUT2D eigenvalue weighted by atomic mass is 35.5. The largest absolute Gasteiger partial charge is 0.457 e. The Morgan fingerprint density at radius 1 is 1.06 bits per heavy atom. The number of benzene rings is 2. The Labute approximate surface area is 120 Å². The van der Waals surface area contributed by atoms with Crippen LogP contribution in [0.15, 0.2) is 42.5 Å². The molecular formula is C13H9Cl2NOS. The second-order valence-electron chi connectivity index (χ2n) is 3.57. The predicted molar refractivity (Wildman–Crippen MR) is 78.9 cm³/mol. The number of hydrogen-bond donors (Lipinski definition) is 1. The van der Waals surface area contributed by atoms with Crippen LogP contribution < -0.4 is 10.5 Å². The van der Waals surface area contributed by atoms with Gasteiger partial charge in [-0.05, 0) is 30.3 Å². The summed E-state index contributed by atoms with van der Waals surface area (Å²) in [6.07, 6.45) is 0. The van der Waals surface area contributed by atoms with Crippen LogP contribution in [0, 0.1) is 0 Å². The zero-order valence-electron chi connectivity index (χ0n) is 9.19. The summed E-state index contributed by atoms with van der Waals surface area (Å²) in [6, 6.07) is 12.2. The average molecular weight is 298 g/mol. The number of nitrogens with two attached hydrogens (primary N) is 1. The molecule has 0 bridgehead atoms. The molecule has 0 fully saturated rings. The Bertz CT molecular complexity index is 581. The van der Waals surface area contributed by atoms with Crippen molar-refractivity contribution in [3.63, 3.8) is 0 Å². The van der Waals surface area contributed by atoms with Crippen LogP contribution in [-0.2, 0) is 0 Å². The molecule has 0 saturated carbocycles. The molecule has 2 nitrogen and oxygen atoms in total. The number of ether oxygens (including phenoxy) is 1. The molecule has 0 aromatic heterocycles. The smallest absolute Gasteiger partial charge is 0.137 e. The van der Waals surface area contributed by atoms with Crippen molar-refractivity contribution in [3.05, 3.63) is 58.1 Å². The lowest BCUT2D eigenvalue weighted by atomic mass is 10.2. The summed E-state index contributed by atoms with van der Waals surface area (Å²) in [7, 11) is 0. The lowest BCUT2D eigenvalue weighted by Gasteiger charge is -2.10. The maximum Gasteiger partial charge on any atom is 0.137 e. The first-order valence-electron chi connectivity index (χ1n) is 5.09. The fourth-order valence-electron chi connectivity index (χ4n) is 1.47. The van der Waals surface area contributed by atoms with Gasteiger partial charge in [0.25, 0.3) is 0 Å². The third-order valence-electron chi connectivity index (χ3n) is 2.22. The van der Waals surface area contributed by atoms with Crippen molar-refractivity contribution in [2.24, 2.45) is 5.73 Å². The van der Waals surface area contributed by atoms with Crippen LogP contribution in [-0.4, -0.2) is 4.99 Å². The monoisotopic (exact) mass is 297 g/mol. The molecule has 0 saturated heterocycles. The van der Waals surface area contributed by atoms with Gasteiger partial charge in [-0.2, -0.15) is 0 Å². The maximum absolute atomic E-state index is 5.90. The minimum atomic E-state index is 0.277. The summed E-state index contributed by atoms with van der Waals surface area (Å²) in [5, 5.41) is 1.01. The molecule has 18 heavy (non-hydrogen) atoms. The number of rotatable bonds is 3. The second kappa shape index (κ2) is 5.57. The van der Waals surface area contributed by atoms with Gasteiger partial charge < -0.3 is 10.5 Å². The summed E-state index contributed by atoms with van der Waals surface area (Å²) >= 11 is 16.8. The lowest BCUT2D eigenvalue weighted by molar-refractivity contribution is 0.482. The molecule has 2 N–H and O–H groups in total. The van der Waals surface area contributed by atoms with Crippen molar-refractivity contribution in [1.82, 2.24) is 0 Å². The highest BCUT2D eigenvalue weighted by Gasteiger charge is 2.07. The van der Waals surface area contributed by atoms with Gasteiger partial charge in [0.2, 0.25) is 0 Å². The van der Waals surface area contributed by atoms with Crippen LogP contribution in [0.2, 0.25) is 10.0 Å². The molecule has 2 aromatic carbocycles. The van der Waals surface area contributed by atoms with Gasteiger partial charge in [-0.1, -0.05) is 47.6 Å². The molecule has 5 heteroatoms. The van der Waals surface area contributed by atoms with E-state index in [-0.39, 0.29) is 4.99 Å². The normalized spacial score (nSPS) is 10.1. The molecule has 0 heterocycles. The van der Waals surface area contributed by atoms with E-state index in [4.69, 9.17) is 45.9 Å². The third kappa shape index (κ3) is 3.13. The maximum atomic E-state index is 5.90. The van der Waals surface area contributed by atoms with Crippen LogP contribution in [0.3, 0.4) is 0 Å². The number of hydrogen-bond acceptors (Lipinski definition) is 2. The van der Waals surface area contributed by atoms with Crippen LogP contribution in [0.25, 0.3) is 0 Å². The average Bonchev–Trinajstić information content (AvgIpc) is 2.27. The van der Waals surface area contributed by atoms with Crippen molar-refractivity contribution in [1.29, 1.82) is 0 Å². The second-order valence-corrected chi connectivity index (χ2v) is 4.88. The number of halogens is 2. The minimum Gasteiger partial charge on any atom is -0.457 e. The summed E-state index contributed by atoms with van der Waals surface area (Å²) in [4.78, 5) is 0.277. The lowest BCUT2D eigenvalue weighted by Crippen LogP contribution is -2.10. The fourth-order valence-corrected chi connectivity index (χ4v) is 2.15. The molecule has 0 aliphatic carbocycles. The van der Waals surface area contributed by atoms with Gasteiger partial charge in [0.15, 0.2) is 0 Å². The van der Waals surface area contributed by atoms with E-state index in [9.17, 15) is 0 Å². The van der Waals surface area contributed by atoms with Gasteiger partial charge >= 0.3 is 0 Å². The van der Waals surface area contributed by atoms with E-state index in [1.807, 2.05) is 12.1 Å². The van der Waals surface area contributed by atoms with Crippen LogP contribution >= 0.6 is 35.4 Å². The molecule has 0 amide bonds. The number of thiocarbonyl (C=S) groups is 1. The summed E-state index contributed by atoms with van der Waals surface area (Å²) in [6.45, 7) is 0. The van der Waals surface area contributed by atoms with Crippen LogP contribution in [0.5, 0.6) is 11.5 Å². The summed E-state index contributed by atoms with van der Waals surface area (Å²) in [5.74, 6) is 1.11. The molecular weight excluding hydrogens is 289 g/mol. The standard InChI is InChI=1S/C13H9Cl2NOS/c14-8-5-9(15)7-10(6-8)17-12-4-2-1-3-11(12)13(16)18/h1-7H,(H2,16,18). The Morgan fingerprint density at radius 2 is 1.67 bits per heavy atom. The van der Waals surface area contributed by atoms with Crippen molar-refractivity contribution in [2.45, 2.75) is 0 Å². The third-order valence-corrected chi connectivity index (χ3v) is 2.87. The highest BCUT2D eigenvalue weighted by Crippen LogP contribution is 2.30. The van der Waals surface area contributed by atoms with E-state index in [0.717, 1.165) is 0 Å². The molecule has 0 aliphatic heterocycles. The molecule has 0 spiro atoms. The quantitative estimate of drug-likeness (QED) is 0.852. The highest BCUT2D eigenvalue weighted by molar-refractivity contribution is 7.80. The van der Waals surface area contributed by atoms with Gasteiger partial charge in [-0.3, -0.25) is 0 Å². The van der Waals surface area contributed by atoms with E-state index >= 15 is 0 Å². The predicted octanol–water partition coefficient (Wildman–Crippen LogP) is 4.42. The van der Waals surface area contributed by atoms with Crippen molar-refractivity contribution in [2.75, 3.05) is 0 Å². The van der Waals surface area contributed by atoms with E-state index in [0.29, 0.717) is 27.1 Å². The zero-order chi connectivity index (χ0) is 13.1. The van der Waals surface area contributed by atoms with E-state index < -0.39 is 0 Å². The van der Waals surface area contributed by atoms with Gasteiger partial charge in [0, 0.05) is 10.0 Å². The van der Waals surface area contributed by atoms with Gasteiger partial charge in [-0.25, -0.2) is 0 Å². The van der Waals surface area contributed by atoms with E-state index in [1.54, 1.807) is 30.3 Å². The molecule has 2 aromatic rings. The van der Waals surface area contributed by atoms with Crippen molar-refractivity contribution in [3.8, 4) is 11.5 Å². The summed E-state index contributed by atoms with van der Waals surface area (Å²) < 4.78 is 5.70. The van der Waals surface area contributed by atoms with Crippen molar-refractivity contribution >= 4 is 40.4 Å². The van der Waals surface area contributed by atoms with Gasteiger partial charge in [0.1, 0.15) is 16.5 Å². The summed E-state index contributed by atoms with van der Waals surface area (Å²) in [5.41, 5.74) is 6.30. The van der Waals surface area contributed by atoms with E-state index in [2.05, 4.69) is 0 Å². The van der Waals surface area contributed by atoms with Crippen LogP contribution in [0.4, 0.5) is 0 Å². The molecule has 0 unspecified atom stereocenters. The fraction of sp³-hybridized carbons (Fsp3) is 0. The van der Waals surface area contributed by atoms with E-state index in [1.165, 1.54) is 0 Å². The molecule has 0 aliphatic rings. The Hall–Kier alpha value is -1.29. The van der Waals surface area contributed by atoms with Crippen LogP contribution in [0.1, 0.15) is 5.56 Å². The zero-order valence-corrected chi connectivity index (χ0v) is 11.5. The Balaban J connectivity index is 2.37. The SMILES string of the molecule is NC(=S)c1ccccc1Oc1cc(Cl)cc(Cl)c1. The molecule has 0 radical (unpaired) electrons. The topological polar surface area (TPSA) is 35.2 Å². The molecule has 0 atom stereocenters. The first-order chi connectivity index (χ1) is 8.56. The molecule has 2 rings (SSSR count). The first-order valence-corrected chi connectivity index (χ1v) is 6.25.